The number of carbonyl (C=O) groups is 1. The van der Waals surface area contributed by atoms with Crippen LogP contribution in [0.1, 0.15) is 21.7 Å². The average Bonchev–Trinajstić information content (AvgIpc) is 3.13. The SMILES string of the molecule is Cc1cc(Oc2ccccc2)ccc1NC(=O)c1nnn(-c2ccccc2)c1C. The maximum atomic E-state index is 12.7. The van der Waals surface area contributed by atoms with E-state index >= 15 is 0 Å². The molecule has 6 nitrogen and oxygen atoms in total. The van der Waals surface area contributed by atoms with Crippen LogP contribution in [0.2, 0.25) is 0 Å². The van der Waals surface area contributed by atoms with E-state index in [4.69, 9.17) is 4.74 Å². The van der Waals surface area contributed by atoms with Gasteiger partial charge in [0.1, 0.15) is 11.5 Å². The van der Waals surface area contributed by atoms with Crippen LogP contribution in [0.3, 0.4) is 0 Å². The molecule has 144 valence electrons. The van der Waals surface area contributed by atoms with Crippen molar-refractivity contribution in [1.29, 1.82) is 0 Å². The molecule has 4 rings (SSSR count). The number of nitrogens with one attached hydrogen (secondary N) is 1. The average molecular weight is 384 g/mol. The molecule has 0 unspecified atom stereocenters. The predicted molar refractivity (Wildman–Crippen MR) is 112 cm³/mol. The van der Waals surface area contributed by atoms with Crippen LogP contribution in [-0.2, 0) is 0 Å². The monoisotopic (exact) mass is 384 g/mol. The van der Waals surface area contributed by atoms with Crippen molar-refractivity contribution in [2.24, 2.45) is 0 Å². The highest BCUT2D eigenvalue weighted by Crippen LogP contribution is 2.26. The minimum absolute atomic E-state index is 0.290. The third kappa shape index (κ3) is 4.01. The Labute approximate surface area is 168 Å². The fourth-order valence-electron chi connectivity index (χ4n) is 3.00. The molecule has 1 N–H and O–H groups in total. The Kier molecular flexibility index (Phi) is 5.07. The number of anilines is 1. The van der Waals surface area contributed by atoms with Crippen molar-refractivity contribution in [3.8, 4) is 17.2 Å². The van der Waals surface area contributed by atoms with Crippen LogP contribution >= 0.6 is 0 Å². The van der Waals surface area contributed by atoms with Gasteiger partial charge in [0.15, 0.2) is 5.69 Å². The smallest absolute Gasteiger partial charge is 0.278 e. The van der Waals surface area contributed by atoms with Gasteiger partial charge in [-0.25, -0.2) is 4.68 Å². The number of benzene rings is 3. The Morgan fingerprint density at radius 1 is 0.897 bits per heavy atom. The normalized spacial score (nSPS) is 10.6. The van der Waals surface area contributed by atoms with Gasteiger partial charge in [0.05, 0.1) is 11.4 Å². The summed E-state index contributed by atoms with van der Waals surface area (Å²) in [5, 5.41) is 11.1. The van der Waals surface area contributed by atoms with Gasteiger partial charge >= 0.3 is 0 Å². The summed E-state index contributed by atoms with van der Waals surface area (Å²) in [6.45, 7) is 3.74. The highest BCUT2D eigenvalue weighted by atomic mass is 16.5. The Hall–Kier alpha value is -3.93. The summed E-state index contributed by atoms with van der Waals surface area (Å²) >= 11 is 0. The first kappa shape index (κ1) is 18.4. The summed E-state index contributed by atoms with van der Waals surface area (Å²) < 4.78 is 7.49. The van der Waals surface area contributed by atoms with Gasteiger partial charge < -0.3 is 10.1 Å². The van der Waals surface area contributed by atoms with Gasteiger partial charge in [0, 0.05) is 5.69 Å². The quantitative estimate of drug-likeness (QED) is 0.530. The van der Waals surface area contributed by atoms with Crippen molar-refractivity contribution < 1.29 is 9.53 Å². The van der Waals surface area contributed by atoms with Crippen molar-refractivity contribution in [3.05, 3.63) is 95.8 Å². The molecular weight excluding hydrogens is 364 g/mol. The van der Waals surface area contributed by atoms with E-state index in [0.717, 1.165) is 17.0 Å². The summed E-state index contributed by atoms with van der Waals surface area (Å²) in [7, 11) is 0. The van der Waals surface area contributed by atoms with Crippen molar-refractivity contribution in [2.75, 3.05) is 5.32 Å². The van der Waals surface area contributed by atoms with Crippen LogP contribution in [0.5, 0.6) is 11.5 Å². The number of amides is 1. The van der Waals surface area contributed by atoms with Gasteiger partial charge in [-0.05, 0) is 61.9 Å². The number of para-hydroxylation sites is 2. The molecular formula is C23H20N4O2. The largest absolute Gasteiger partial charge is 0.457 e. The van der Waals surface area contributed by atoms with E-state index in [1.807, 2.05) is 92.7 Å². The molecule has 3 aromatic carbocycles. The second-order valence-corrected chi connectivity index (χ2v) is 6.62. The molecule has 0 atom stereocenters. The minimum Gasteiger partial charge on any atom is -0.457 e. The van der Waals surface area contributed by atoms with Crippen molar-refractivity contribution in [2.45, 2.75) is 13.8 Å². The van der Waals surface area contributed by atoms with Crippen LogP contribution in [0.25, 0.3) is 5.69 Å². The fraction of sp³-hybridized carbons (Fsp3) is 0.0870. The van der Waals surface area contributed by atoms with Crippen LogP contribution < -0.4 is 10.1 Å². The molecule has 0 saturated heterocycles. The molecule has 29 heavy (non-hydrogen) atoms. The zero-order valence-electron chi connectivity index (χ0n) is 16.2. The summed E-state index contributed by atoms with van der Waals surface area (Å²) in [4.78, 5) is 12.7. The third-order valence-electron chi connectivity index (χ3n) is 4.54. The maximum absolute atomic E-state index is 12.7. The standard InChI is InChI=1S/C23H20N4O2/c1-16-15-20(29-19-11-7-4-8-12-19)13-14-21(16)24-23(28)22-17(2)27(26-25-22)18-9-5-3-6-10-18/h3-15H,1-2H3,(H,24,28). The van der Waals surface area contributed by atoms with Gasteiger partial charge in [0.2, 0.25) is 0 Å². The van der Waals surface area contributed by atoms with Gasteiger partial charge in [-0.3, -0.25) is 4.79 Å². The number of ether oxygens (including phenoxy) is 1. The van der Waals surface area contributed by atoms with Gasteiger partial charge in [-0.1, -0.05) is 41.6 Å². The molecule has 0 saturated carbocycles. The number of nitrogens with zero attached hydrogens (tertiary/aromatic N) is 3. The van der Waals surface area contributed by atoms with E-state index in [9.17, 15) is 4.79 Å². The lowest BCUT2D eigenvalue weighted by Crippen LogP contribution is -2.15. The molecule has 0 fully saturated rings. The predicted octanol–water partition coefficient (Wildman–Crippen LogP) is 4.93. The molecule has 4 aromatic rings. The van der Waals surface area contributed by atoms with Gasteiger partial charge in [0.25, 0.3) is 5.91 Å². The van der Waals surface area contributed by atoms with Crippen LogP contribution in [0.4, 0.5) is 5.69 Å². The molecule has 0 spiro atoms. The van der Waals surface area contributed by atoms with Crippen molar-refractivity contribution in [3.63, 3.8) is 0 Å². The first-order valence-electron chi connectivity index (χ1n) is 9.24. The summed E-state index contributed by atoms with van der Waals surface area (Å²) in [6.07, 6.45) is 0. The van der Waals surface area contributed by atoms with Crippen LogP contribution in [0, 0.1) is 13.8 Å². The Morgan fingerprint density at radius 3 is 2.28 bits per heavy atom. The van der Waals surface area contributed by atoms with Crippen LogP contribution in [0.15, 0.2) is 78.9 Å². The number of hydrogen-bond acceptors (Lipinski definition) is 4. The molecule has 0 aliphatic rings. The fourth-order valence-corrected chi connectivity index (χ4v) is 3.00. The molecule has 0 bridgehead atoms. The number of hydrogen-bond donors (Lipinski definition) is 1. The molecule has 0 aliphatic heterocycles. The van der Waals surface area contributed by atoms with Crippen LogP contribution in [-0.4, -0.2) is 20.9 Å². The first-order valence-corrected chi connectivity index (χ1v) is 9.24. The second-order valence-electron chi connectivity index (χ2n) is 6.62. The zero-order chi connectivity index (χ0) is 20.2. The molecule has 1 aromatic heterocycles. The summed E-state index contributed by atoms with van der Waals surface area (Å²) in [5.74, 6) is 1.17. The molecule has 1 amide bonds. The molecule has 1 heterocycles. The zero-order valence-corrected chi connectivity index (χ0v) is 16.2. The molecule has 6 heteroatoms. The topological polar surface area (TPSA) is 69.0 Å². The van der Waals surface area contributed by atoms with E-state index in [2.05, 4.69) is 15.6 Å². The Morgan fingerprint density at radius 2 is 1.59 bits per heavy atom. The Balaban J connectivity index is 1.51. The lowest BCUT2D eigenvalue weighted by Gasteiger charge is -2.11. The van der Waals surface area contributed by atoms with E-state index in [1.54, 1.807) is 4.68 Å². The Bertz CT molecular complexity index is 1140. The molecule has 0 radical (unpaired) electrons. The van der Waals surface area contributed by atoms with E-state index in [1.165, 1.54) is 0 Å². The first-order chi connectivity index (χ1) is 14.1. The lowest BCUT2D eigenvalue weighted by atomic mass is 10.2. The van der Waals surface area contributed by atoms with E-state index in [-0.39, 0.29) is 11.6 Å². The lowest BCUT2D eigenvalue weighted by molar-refractivity contribution is 0.102. The van der Waals surface area contributed by atoms with E-state index < -0.39 is 0 Å². The summed E-state index contributed by atoms with van der Waals surface area (Å²) in [6, 6.07) is 24.7. The second kappa shape index (κ2) is 7.98. The number of aryl methyl sites for hydroxylation is 1. The maximum Gasteiger partial charge on any atom is 0.278 e. The van der Waals surface area contributed by atoms with E-state index in [0.29, 0.717) is 17.1 Å². The number of carbonyl (C=O) groups excluding carboxylic acids is 1. The number of aromatic nitrogens is 3. The van der Waals surface area contributed by atoms with Crippen molar-refractivity contribution >= 4 is 11.6 Å². The highest BCUT2D eigenvalue weighted by Gasteiger charge is 2.18. The third-order valence-corrected chi connectivity index (χ3v) is 4.54. The van der Waals surface area contributed by atoms with Gasteiger partial charge in [-0.15, -0.1) is 5.10 Å². The van der Waals surface area contributed by atoms with Crippen molar-refractivity contribution in [1.82, 2.24) is 15.0 Å². The number of rotatable bonds is 5. The van der Waals surface area contributed by atoms with Gasteiger partial charge in [-0.2, -0.15) is 0 Å². The minimum atomic E-state index is -0.301. The summed E-state index contributed by atoms with van der Waals surface area (Å²) in [5.41, 5.74) is 3.41. The molecule has 0 aliphatic carbocycles. The highest BCUT2D eigenvalue weighted by molar-refractivity contribution is 6.04.